The third-order valence-electron chi connectivity index (χ3n) is 6.84. The number of fused-ring (bicyclic) bond motifs is 2. The van der Waals surface area contributed by atoms with Crippen molar-refractivity contribution in [1.29, 1.82) is 0 Å². The molecule has 1 fully saturated rings. The number of rotatable bonds is 6. The maximum Gasteiger partial charge on any atom is 0.242 e. The Labute approximate surface area is 195 Å². The second-order valence-corrected chi connectivity index (χ2v) is 9.45. The Morgan fingerprint density at radius 1 is 1.03 bits per heavy atom. The van der Waals surface area contributed by atoms with Gasteiger partial charge in [0.05, 0.1) is 5.52 Å². The molecule has 7 nitrogen and oxygen atoms in total. The summed E-state index contributed by atoms with van der Waals surface area (Å²) in [6, 6.07) is 16.5. The molecule has 0 saturated heterocycles. The van der Waals surface area contributed by atoms with Crippen LogP contribution in [0.3, 0.4) is 0 Å². The van der Waals surface area contributed by atoms with Gasteiger partial charge in [-0.2, -0.15) is 4.98 Å². The van der Waals surface area contributed by atoms with E-state index >= 15 is 0 Å². The van der Waals surface area contributed by atoms with Crippen molar-refractivity contribution < 1.29 is 4.79 Å². The normalized spacial score (nSPS) is 21.8. The molecule has 1 saturated carbocycles. The van der Waals surface area contributed by atoms with Crippen LogP contribution in [0.5, 0.6) is 0 Å². The molecule has 3 aromatic rings. The molecule has 3 N–H and O–H groups in total. The lowest BCUT2D eigenvalue weighted by atomic mass is 9.86. The molecule has 1 unspecified atom stereocenters. The van der Waals surface area contributed by atoms with E-state index in [2.05, 4.69) is 28.1 Å². The molecule has 0 spiro atoms. The summed E-state index contributed by atoms with van der Waals surface area (Å²) in [5, 5.41) is 11.1. The van der Waals surface area contributed by atoms with E-state index < -0.39 is 0 Å². The average molecular weight is 445 g/mol. The highest BCUT2D eigenvalue weighted by atomic mass is 16.2. The first kappa shape index (κ1) is 21.5. The molecule has 0 bridgehead atoms. The van der Waals surface area contributed by atoms with Crippen molar-refractivity contribution in [2.75, 3.05) is 36.2 Å². The smallest absolute Gasteiger partial charge is 0.242 e. The van der Waals surface area contributed by atoms with Crippen LogP contribution in [0.1, 0.15) is 31.2 Å². The molecule has 2 heterocycles. The van der Waals surface area contributed by atoms with Crippen LogP contribution >= 0.6 is 0 Å². The SMILES string of the molecule is CN(C)c1nc(NC2CCC(CNC(=O)C3Cc4ccccc4N3)CC2)nc2ccccc12. The predicted molar refractivity (Wildman–Crippen MR) is 134 cm³/mol. The Kier molecular flexibility index (Phi) is 6.03. The maximum absolute atomic E-state index is 12.6. The first-order chi connectivity index (χ1) is 16.1. The van der Waals surface area contributed by atoms with E-state index in [-0.39, 0.29) is 11.9 Å². The number of aromatic nitrogens is 2. The van der Waals surface area contributed by atoms with Gasteiger partial charge in [0.2, 0.25) is 11.9 Å². The van der Waals surface area contributed by atoms with Crippen molar-refractivity contribution in [3.8, 4) is 0 Å². The number of hydrogen-bond acceptors (Lipinski definition) is 6. The van der Waals surface area contributed by atoms with Crippen LogP contribution in [0.15, 0.2) is 48.5 Å². The minimum atomic E-state index is -0.156. The summed E-state index contributed by atoms with van der Waals surface area (Å²) in [6.07, 6.45) is 5.05. The van der Waals surface area contributed by atoms with E-state index in [1.807, 2.05) is 55.4 Å². The Hall–Kier alpha value is -3.35. The highest BCUT2D eigenvalue weighted by molar-refractivity contribution is 5.90. The van der Waals surface area contributed by atoms with Gasteiger partial charge in [0.15, 0.2) is 0 Å². The topological polar surface area (TPSA) is 82.2 Å². The fourth-order valence-corrected chi connectivity index (χ4v) is 4.98. The van der Waals surface area contributed by atoms with Crippen LogP contribution in [-0.2, 0) is 11.2 Å². The molecule has 1 aromatic heterocycles. The van der Waals surface area contributed by atoms with Gasteiger partial charge in [-0.25, -0.2) is 4.98 Å². The third kappa shape index (κ3) is 4.72. The first-order valence-corrected chi connectivity index (χ1v) is 11.9. The molecule has 2 aromatic carbocycles. The molecule has 2 aliphatic rings. The number of amides is 1. The highest BCUT2D eigenvalue weighted by Crippen LogP contribution is 2.29. The largest absolute Gasteiger partial charge is 0.373 e. The molecule has 33 heavy (non-hydrogen) atoms. The lowest BCUT2D eigenvalue weighted by molar-refractivity contribution is -0.121. The second-order valence-electron chi connectivity index (χ2n) is 9.45. The van der Waals surface area contributed by atoms with Crippen LogP contribution in [-0.4, -0.2) is 48.6 Å². The monoisotopic (exact) mass is 444 g/mol. The second kappa shape index (κ2) is 9.25. The van der Waals surface area contributed by atoms with Crippen LogP contribution < -0.4 is 20.9 Å². The van der Waals surface area contributed by atoms with Crippen LogP contribution in [0.2, 0.25) is 0 Å². The number of anilines is 3. The molecule has 5 rings (SSSR count). The number of benzene rings is 2. The minimum Gasteiger partial charge on any atom is -0.373 e. The van der Waals surface area contributed by atoms with E-state index in [0.29, 0.717) is 17.9 Å². The predicted octanol–water partition coefficient (Wildman–Crippen LogP) is 3.82. The standard InChI is InChI=1S/C26H32N6O/c1-32(2)24-20-8-4-6-10-22(20)30-26(31-24)28-19-13-11-17(12-14-19)16-27-25(33)23-15-18-7-3-5-9-21(18)29-23/h3-10,17,19,23,29H,11-16H2,1-2H3,(H,27,33)(H,28,30,31). The van der Waals surface area contributed by atoms with Gasteiger partial charge in [-0.05, 0) is 55.4 Å². The summed E-state index contributed by atoms with van der Waals surface area (Å²) >= 11 is 0. The van der Waals surface area contributed by atoms with Gasteiger partial charge in [-0.3, -0.25) is 4.79 Å². The Balaban J connectivity index is 1.12. The highest BCUT2D eigenvalue weighted by Gasteiger charge is 2.28. The summed E-state index contributed by atoms with van der Waals surface area (Å²) in [5.74, 6) is 2.25. The zero-order valence-corrected chi connectivity index (χ0v) is 19.3. The van der Waals surface area contributed by atoms with Crippen molar-refractivity contribution in [1.82, 2.24) is 15.3 Å². The number of carbonyl (C=O) groups is 1. The molecule has 172 valence electrons. The van der Waals surface area contributed by atoms with Gasteiger partial charge in [-0.15, -0.1) is 0 Å². The Bertz CT molecular complexity index is 1110. The molecule has 1 aliphatic heterocycles. The van der Waals surface area contributed by atoms with Crippen molar-refractivity contribution in [3.63, 3.8) is 0 Å². The van der Waals surface area contributed by atoms with Gasteiger partial charge >= 0.3 is 0 Å². The van der Waals surface area contributed by atoms with Gasteiger partial charge < -0.3 is 20.9 Å². The quantitative estimate of drug-likeness (QED) is 0.536. The molecule has 0 radical (unpaired) electrons. The van der Waals surface area contributed by atoms with E-state index in [9.17, 15) is 4.79 Å². The van der Waals surface area contributed by atoms with Gasteiger partial charge in [-0.1, -0.05) is 30.3 Å². The number of nitrogens with one attached hydrogen (secondary N) is 3. The van der Waals surface area contributed by atoms with E-state index in [1.54, 1.807) is 0 Å². The fourth-order valence-electron chi connectivity index (χ4n) is 4.98. The Morgan fingerprint density at radius 2 is 1.79 bits per heavy atom. The number of carbonyl (C=O) groups excluding carboxylic acids is 1. The molecule has 7 heteroatoms. The van der Waals surface area contributed by atoms with Crippen LogP contribution in [0.25, 0.3) is 10.9 Å². The number of nitrogens with zero attached hydrogens (tertiary/aromatic N) is 3. The van der Waals surface area contributed by atoms with Gasteiger partial charge in [0.25, 0.3) is 0 Å². The number of hydrogen-bond donors (Lipinski definition) is 3. The maximum atomic E-state index is 12.6. The van der Waals surface area contributed by atoms with E-state index in [1.165, 1.54) is 5.56 Å². The van der Waals surface area contributed by atoms with Gasteiger partial charge in [0.1, 0.15) is 11.9 Å². The van der Waals surface area contributed by atoms with Crippen molar-refractivity contribution in [2.45, 2.75) is 44.2 Å². The van der Waals surface area contributed by atoms with Crippen molar-refractivity contribution in [2.24, 2.45) is 5.92 Å². The summed E-state index contributed by atoms with van der Waals surface area (Å²) in [6.45, 7) is 0.747. The summed E-state index contributed by atoms with van der Waals surface area (Å²) in [4.78, 5) is 24.2. The zero-order chi connectivity index (χ0) is 22.8. The molecular formula is C26H32N6O. The molecular weight excluding hydrogens is 412 g/mol. The first-order valence-electron chi connectivity index (χ1n) is 11.9. The van der Waals surface area contributed by atoms with Gasteiger partial charge in [0, 0.05) is 44.2 Å². The lowest BCUT2D eigenvalue weighted by Crippen LogP contribution is -2.41. The summed E-state index contributed by atoms with van der Waals surface area (Å²) in [5.41, 5.74) is 3.26. The molecule has 1 aliphatic carbocycles. The Morgan fingerprint density at radius 3 is 2.58 bits per heavy atom. The van der Waals surface area contributed by atoms with Crippen LogP contribution in [0.4, 0.5) is 17.5 Å². The molecule has 1 amide bonds. The van der Waals surface area contributed by atoms with Crippen molar-refractivity contribution in [3.05, 3.63) is 54.1 Å². The summed E-state index contributed by atoms with van der Waals surface area (Å²) in [7, 11) is 4.02. The zero-order valence-electron chi connectivity index (χ0n) is 19.3. The fraction of sp³-hybridized carbons (Fsp3) is 0.423. The van der Waals surface area contributed by atoms with Crippen LogP contribution in [0, 0.1) is 5.92 Å². The van der Waals surface area contributed by atoms with E-state index in [4.69, 9.17) is 9.97 Å². The average Bonchev–Trinajstić information content (AvgIpc) is 3.27. The minimum absolute atomic E-state index is 0.104. The number of para-hydroxylation sites is 2. The lowest BCUT2D eigenvalue weighted by Gasteiger charge is -2.29. The van der Waals surface area contributed by atoms with E-state index in [0.717, 1.165) is 61.1 Å². The summed E-state index contributed by atoms with van der Waals surface area (Å²) < 4.78 is 0. The molecule has 1 atom stereocenters. The van der Waals surface area contributed by atoms with Crippen molar-refractivity contribution >= 4 is 34.3 Å². The third-order valence-corrected chi connectivity index (χ3v) is 6.84.